The van der Waals surface area contributed by atoms with Gasteiger partial charge < -0.3 is 15.0 Å². The smallest absolute Gasteiger partial charge is 0.282 e. The van der Waals surface area contributed by atoms with Gasteiger partial charge in [-0.2, -0.15) is 0 Å². The number of rotatable bonds is 7. The van der Waals surface area contributed by atoms with Crippen molar-refractivity contribution >= 4 is 23.2 Å². The van der Waals surface area contributed by atoms with Crippen LogP contribution in [0.15, 0.2) is 36.4 Å². The van der Waals surface area contributed by atoms with Gasteiger partial charge in [-0.25, -0.2) is 13.2 Å². The van der Waals surface area contributed by atoms with Crippen LogP contribution in [-0.2, 0) is 4.79 Å². The number of quaternary nitrogens is 1. The monoisotopic (exact) mass is 387 g/mol. The SMILES string of the molecule is C[C@@H](C(=O)Nc1ccc(F)c(F)c1F)[NH+](C)CCOc1ccc(Cl)cc1. The van der Waals surface area contributed by atoms with Crippen LogP contribution >= 0.6 is 11.6 Å². The summed E-state index contributed by atoms with van der Waals surface area (Å²) < 4.78 is 45.4. The number of likely N-dealkylation sites (N-methyl/N-ethyl adjacent to an activating group) is 1. The number of benzene rings is 2. The van der Waals surface area contributed by atoms with Crippen LogP contribution in [0.4, 0.5) is 18.9 Å². The molecule has 2 N–H and O–H groups in total. The highest BCUT2D eigenvalue weighted by Gasteiger charge is 2.24. The van der Waals surface area contributed by atoms with E-state index in [0.717, 1.165) is 17.0 Å². The van der Waals surface area contributed by atoms with Gasteiger partial charge in [-0.3, -0.25) is 4.79 Å². The molecule has 0 bridgehead atoms. The van der Waals surface area contributed by atoms with Crippen molar-refractivity contribution in [2.75, 3.05) is 25.5 Å². The van der Waals surface area contributed by atoms with Crippen molar-refractivity contribution in [3.05, 3.63) is 58.9 Å². The molecule has 0 radical (unpaired) electrons. The standard InChI is InChI=1S/C18H18ClF3N2O2/c1-11(18(25)23-15-8-7-14(20)16(21)17(15)22)24(2)9-10-26-13-5-3-12(19)4-6-13/h3-8,11H,9-10H2,1-2H3,(H,23,25)/p+1/t11-/m0/s1. The summed E-state index contributed by atoms with van der Waals surface area (Å²) in [5.41, 5.74) is -0.397. The Labute approximate surface area is 154 Å². The maximum Gasteiger partial charge on any atom is 0.282 e. The minimum Gasteiger partial charge on any atom is -0.488 e. The van der Waals surface area contributed by atoms with Crippen molar-refractivity contribution in [2.45, 2.75) is 13.0 Å². The number of nitrogens with one attached hydrogen (secondary N) is 2. The van der Waals surface area contributed by atoms with E-state index in [4.69, 9.17) is 16.3 Å². The lowest BCUT2D eigenvalue weighted by atomic mass is 10.2. The Morgan fingerprint density at radius 2 is 1.81 bits per heavy atom. The molecule has 0 saturated heterocycles. The molecule has 0 spiro atoms. The van der Waals surface area contributed by atoms with Gasteiger partial charge >= 0.3 is 0 Å². The van der Waals surface area contributed by atoms with Gasteiger partial charge in [0, 0.05) is 5.02 Å². The van der Waals surface area contributed by atoms with Crippen molar-refractivity contribution in [1.29, 1.82) is 0 Å². The van der Waals surface area contributed by atoms with Crippen LogP contribution in [0.3, 0.4) is 0 Å². The summed E-state index contributed by atoms with van der Waals surface area (Å²) in [6.07, 6.45) is 0. The Kier molecular flexibility index (Phi) is 6.88. The van der Waals surface area contributed by atoms with Gasteiger partial charge in [0.15, 0.2) is 23.5 Å². The van der Waals surface area contributed by atoms with Gasteiger partial charge in [-0.1, -0.05) is 11.6 Å². The number of ether oxygens (including phenoxy) is 1. The second-order valence-corrected chi connectivity index (χ2v) is 6.27. The summed E-state index contributed by atoms with van der Waals surface area (Å²) in [5, 5.41) is 2.88. The van der Waals surface area contributed by atoms with Crippen LogP contribution in [0.1, 0.15) is 6.92 Å². The zero-order valence-electron chi connectivity index (χ0n) is 14.3. The Morgan fingerprint density at radius 1 is 1.15 bits per heavy atom. The fourth-order valence-corrected chi connectivity index (χ4v) is 2.29. The van der Waals surface area contributed by atoms with Crippen LogP contribution < -0.4 is 15.0 Å². The Bertz CT molecular complexity index is 772. The lowest BCUT2D eigenvalue weighted by Crippen LogP contribution is -3.14. The van der Waals surface area contributed by atoms with Gasteiger partial charge in [0.05, 0.1) is 12.7 Å². The molecule has 2 rings (SSSR count). The average molecular weight is 388 g/mol. The number of amides is 1. The number of hydrogen-bond donors (Lipinski definition) is 2. The van der Waals surface area contributed by atoms with Crippen molar-refractivity contribution < 1.29 is 27.6 Å². The minimum atomic E-state index is -1.62. The van der Waals surface area contributed by atoms with Crippen LogP contribution in [0.5, 0.6) is 5.75 Å². The van der Waals surface area contributed by atoms with Crippen molar-refractivity contribution in [1.82, 2.24) is 0 Å². The molecule has 2 atom stereocenters. The third-order valence-electron chi connectivity index (χ3n) is 4.00. The predicted octanol–water partition coefficient (Wildman–Crippen LogP) is 2.68. The van der Waals surface area contributed by atoms with Gasteiger partial charge in [-0.05, 0) is 43.3 Å². The molecule has 0 aliphatic carbocycles. The highest BCUT2D eigenvalue weighted by molar-refractivity contribution is 6.30. The molecule has 0 heterocycles. The molecular formula is C18H19ClF3N2O2+. The van der Waals surface area contributed by atoms with E-state index in [1.165, 1.54) is 0 Å². The van der Waals surface area contributed by atoms with Gasteiger partial charge in [-0.15, -0.1) is 0 Å². The van der Waals surface area contributed by atoms with E-state index >= 15 is 0 Å². The van der Waals surface area contributed by atoms with Gasteiger partial charge in [0.2, 0.25) is 0 Å². The normalized spacial score (nSPS) is 13.2. The number of carbonyl (C=O) groups excluding carboxylic acids is 1. The first-order valence-corrected chi connectivity index (χ1v) is 8.32. The second-order valence-electron chi connectivity index (χ2n) is 5.83. The largest absolute Gasteiger partial charge is 0.488 e. The highest BCUT2D eigenvalue weighted by Crippen LogP contribution is 2.19. The summed E-state index contributed by atoms with van der Waals surface area (Å²) in [5.74, 6) is -4.21. The number of anilines is 1. The van der Waals surface area contributed by atoms with E-state index in [0.29, 0.717) is 23.9 Å². The van der Waals surface area contributed by atoms with E-state index in [-0.39, 0.29) is 0 Å². The first-order valence-electron chi connectivity index (χ1n) is 7.94. The Hall–Kier alpha value is -2.25. The molecule has 0 aliphatic rings. The predicted molar refractivity (Wildman–Crippen MR) is 93.1 cm³/mol. The second kappa shape index (κ2) is 8.91. The first kappa shape index (κ1) is 20.1. The van der Waals surface area contributed by atoms with Gasteiger partial charge in [0.25, 0.3) is 5.91 Å². The maximum absolute atomic E-state index is 13.6. The molecule has 1 unspecified atom stereocenters. The topological polar surface area (TPSA) is 42.8 Å². The molecule has 0 aromatic heterocycles. The number of halogens is 4. The zero-order chi connectivity index (χ0) is 19.3. The Balaban J connectivity index is 1.87. The van der Waals surface area contributed by atoms with E-state index in [1.54, 1.807) is 38.2 Å². The fourth-order valence-electron chi connectivity index (χ4n) is 2.16. The quantitative estimate of drug-likeness (QED) is 0.717. The molecule has 0 fully saturated rings. The van der Waals surface area contributed by atoms with Crippen LogP contribution in [0, 0.1) is 17.5 Å². The zero-order valence-corrected chi connectivity index (χ0v) is 15.0. The molecule has 0 saturated carbocycles. The fraction of sp³-hybridized carbons (Fsp3) is 0.278. The molecule has 26 heavy (non-hydrogen) atoms. The number of hydrogen-bond acceptors (Lipinski definition) is 2. The maximum atomic E-state index is 13.6. The molecule has 4 nitrogen and oxygen atoms in total. The van der Waals surface area contributed by atoms with Gasteiger partial charge in [0.1, 0.15) is 18.9 Å². The molecule has 2 aromatic rings. The summed E-state index contributed by atoms with van der Waals surface area (Å²) in [6, 6.07) is 8.07. The number of carbonyl (C=O) groups is 1. The lowest BCUT2D eigenvalue weighted by molar-refractivity contribution is -0.894. The van der Waals surface area contributed by atoms with Crippen molar-refractivity contribution in [3.8, 4) is 5.75 Å². The first-order chi connectivity index (χ1) is 12.3. The van der Waals surface area contributed by atoms with Crippen LogP contribution in [0.25, 0.3) is 0 Å². The molecule has 2 aromatic carbocycles. The van der Waals surface area contributed by atoms with E-state index in [2.05, 4.69) is 5.32 Å². The summed E-state index contributed by atoms with van der Waals surface area (Å²) in [7, 11) is 1.77. The Morgan fingerprint density at radius 3 is 2.46 bits per heavy atom. The summed E-state index contributed by atoms with van der Waals surface area (Å²) in [4.78, 5) is 13.0. The molecule has 0 aliphatic heterocycles. The third kappa shape index (κ3) is 5.12. The minimum absolute atomic E-state index is 0.352. The van der Waals surface area contributed by atoms with Crippen molar-refractivity contribution in [2.24, 2.45) is 0 Å². The molecule has 8 heteroatoms. The lowest BCUT2D eigenvalue weighted by Gasteiger charge is -2.21. The van der Waals surface area contributed by atoms with E-state index in [9.17, 15) is 18.0 Å². The molecular weight excluding hydrogens is 369 g/mol. The summed E-state index contributed by atoms with van der Waals surface area (Å²) >= 11 is 5.79. The summed E-state index contributed by atoms with van der Waals surface area (Å²) in [6.45, 7) is 2.49. The van der Waals surface area contributed by atoms with Crippen molar-refractivity contribution in [3.63, 3.8) is 0 Å². The van der Waals surface area contributed by atoms with E-state index in [1.807, 2.05) is 0 Å². The van der Waals surface area contributed by atoms with Crippen LogP contribution in [-0.4, -0.2) is 32.1 Å². The molecule has 140 valence electrons. The van der Waals surface area contributed by atoms with Crippen LogP contribution in [0.2, 0.25) is 5.02 Å². The molecule has 1 amide bonds. The average Bonchev–Trinajstić information content (AvgIpc) is 2.63. The third-order valence-corrected chi connectivity index (χ3v) is 4.26. The highest BCUT2D eigenvalue weighted by atomic mass is 35.5. The van der Waals surface area contributed by atoms with E-state index < -0.39 is 35.1 Å².